The van der Waals surface area contributed by atoms with Crippen LogP contribution in [0.25, 0.3) is 0 Å². The van der Waals surface area contributed by atoms with Gasteiger partial charge in [0.1, 0.15) is 5.75 Å². The minimum Gasteiger partial charge on any atom is -0.493 e. The van der Waals surface area contributed by atoms with Gasteiger partial charge in [-0.05, 0) is 36.4 Å². The molecule has 0 spiro atoms. The van der Waals surface area contributed by atoms with Crippen LogP contribution in [0.15, 0.2) is 64.4 Å². The smallest absolute Gasteiger partial charge is 0.175 e. The van der Waals surface area contributed by atoms with Gasteiger partial charge in [0.25, 0.3) is 0 Å². The molecule has 0 saturated carbocycles. The van der Waals surface area contributed by atoms with Crippen LogP contribution in [0.5, 0.6) is 5.75 Å². The molecule has 0 unspecified atom stereocenters. The molecule has 3 nitrogen and oxygen atoms in total. The highest BCUT2D eigenvalue weighted by atomic mass is 32.2. The molecule has 20 heavy (non-hydrogen) atoms. The largest absolute Gasteiger partial charge is 0.493 e. The third-order valence-electron chi connectivity index (χ3n) is 2.62. The standard InChI is InChI=1S/C15H16O3S2/c1-20(16,17)15-9-7-13(8-10-15)18-11-12-19-14-5-3-2-4-6-14/h2-10H,11-12H2,1H3. The van der Waals surface area contributed by atoms with Crippen LogP contribution in [0.1, 0.15) is 0 Å². The van der Waals surface area contributed by atoms with Crippen molar-refractivity contribution in [3.63, 3.8) is 0 Å². The van der Waals surface area contributed by atoms with E-state index in [0.717, 1.165) is 5.75 Å². The van der Waals surface area contributed by atoms with Crippen molar-refractivity contribution in [1.29, 1.82) is 0 Å². The number of rotatable bonds is 6. The second-order valence-corrected chi connectivity index (χ2v) is 7.44. The van der Waals surface area contributed by atoms with Gasteiger partial charge in [-0.2, -0.15) is 0 Å². The maximum Gasteiger partial charge on any atom is 0.175 e. The molecular formula is C15H16O3S2. The number of hydrogen-bond donors (Lipinski definition) is 0. The summed E-state index contributed by atoms with van der Waals surface area (Å²) in [6.45, 7) is 0.581. The second-order valence-electron chi connectivity index (χ2n) is 4.25. The number of benzene rings is 2. The molecule has 2 aromatic rings. The number of ether oxygens (including phenoxy) is 1. The van der Waals surface area contributed by atoms with E-state index in [1.807, 2.05) is 18.2 Å². The van der Waals surface area contributed by atoms with E-state index in [1.54, 1.807) is 36.0 Å². The van der Waals surface area contributed by atoms with E-state index in [-0.39, 0.29) is 0 Å². The first kappa shape index (κ1) is 14.9. The molecule has 0 saturated heterocycles. The zero-order valence-corrected chi connectivity index (χ0v) is 12.8. The van der Waals surface area contributed by atoms with Crippen LogP contribution in [0.4, 0.5) is 0 Å². The summed E-state index contributed by atoms with van der Waals surface area (Å²) in [4.78, 5) is 1.52. The molecule has 0 N–H and O–H groups in total. The summed E-state index contributed by atoms with van der Waals surface area (Å²) in [7, 11) is -3.14. The first-order valence-electron chi connectivity index (χ1n) is 6.16. The van der Waals surface area contributed by atoms with Gasteiger partial charge in [-0.15, -0.1) is 11.8 Å². The Hall–Kier alpha value is -1.46. The van der Waals surface area contributed by atoms with E-state index in [0.29, 0.717) is 17.3 Å². The Balaban J connectivity index is 1.80. The highest BCUT2D eigenvalue weighted by Crippen LogP contribution is 2.18. The van der Waals surface area contributed by atoms with Crippen molar-refractivity contribution in [2.45, 2.75) is 9.79 Å². The van der Waals surface area contributed by atoms with Gasteiger partial charge in [-0.3, -0.25) is 0 Å². The monoisotopic (exact) mass is 308 g/mol. The molecule has 0 radical (unpaired) electrons. The summed E-state index contributed by atoms with van der Waals surface area (Å²) in [5.74, 6) is 1.53. The summed E-state index contributed by atoms with van der Waals surface area (Å²) in [6, 6.07) is 16.6. The molecule has 0 aliphatic rings. The molecule has 2 rings (SSSR count). The molecule has 0 fully saturated rings. The van der Waals surface area contributed by atoms with E-state index < -0.39 is 9.84 Å². The van der Waals surface area contributed by atoms with Gasteiger partial charge in [0.05, 0.1) is 11.5 Å². The Morgan fingerprint density at radius 3 is 2.25 bits per heavy atom. The van der Waals surface area contributed by atoms with Crippen molar-refractivity contribution in [2.24, 2.45) is 0 Å². The fourth-order valence-electron chi connectivity index (χ4n) is 1.62. The first-order chi connectivity index (χ1) is 9.55. The summed E-state index contributed by atoms with van der Waals surface area (Å²) in [6.07, 6.45) is 1.19. The number of sulfone groups is 1. The van der Waals surface area contributed by atoms with Crippen molar-refractivity contribution < 1.29 is 13.2 Å². The van der Waals surface area contributed by atoms with Crippen molar-refractivity contribution in [2.75, 3.05) is 18.6 Å². The minimum absolute atomic E-state index is 0.309. The molecule has 5 heteroatoms. The van der Waals surface area contributed by atoms with Crippen molar-refractivity contribution in [3.05, 3.63) is 54.6 Å². The Morgan fingerprint density at radius 2 is 1.65 bits per heavy atom. The van der Waals surface area contributed by atoms with E-state index >= 15 is 0 Å². The number of thioether (sulfide) groups is 1. The fraction of sp³-hybridized carbons (Fsp3) is 0.200. The van der Waals surface area contributed by atoms with Gasteiger partial charge >= 0.3 is 0 Å². The highest BCUT2D eigenvalue weighted by Gasteiger charge is 2.06. The van der Waals surface area contributed by atoms with Crippen LogP contribution in [0, 0.1) is 0 Å². The molecule has 0 aromatic heterocycles. The predicted molar refractivity (Wildman–Crippen MR) is 82.2 cm³/mol. The van der Waals surface area contributed by atoms with E-state index in [2.05, 4.69) is 12.1 Å². The Labute approximate surface area is 123 Å². The maximum atomic E-state index is 11.3. The lowest BCUT2D eigenvalue weighted by Crippen LogP contribution is -2.01. The third-order valence-corrected chi connectivity index (χ3v) is 4.72. The van der Waals surface area contributed by atoms with Gasteiger partial charge < -0.3 is 4.74 Å². The minimum atomic E-state index is -3.14. The van der Waals surface area contributed by atoms with Gasteiger partial charge in [0.2, 0.25) is 0 Å². The van der Waals surface area contributed by atoms with Crippen LogP contribution in [-0.4, -0.2) is 27.0 Å². The Bertz CT molecular complexity index is 635. The van der Waals surface area contributed by atoms with Crippen LogP contribution < -0.4 is 4.74 Å². The van der Waals surface area contributed by atoms with Gasteiger partial charge in [-0.1, -0.05) is 18.2 Å². The topological polar surface area (TPSA) is 43.4 Å². The average Bonchev–Trinajstić information content (AvgIpc) is 2.44. The molecule has 0 aliphatic carbocycles. The van der Waals surface area contributed by atoms with E-state index in [9.17, 15) is 8.42 Å². The molecule has 0 heterocycles. The zero-order valence-electron chi connectivity index (χ0n) is 11.2. The van der Waals surface area contributed by atoms with Crippen LogP contribution in [-0.2, 0) is 9.84 Å². The maximum absolute atomic E-state index is 11.3. The van der Waals surface area contributed by atoms with Gasteiger partial charge in [0.15, 0.2) is 9.84 Å². The van der Waals surface area contributed by atoms with Crippen molar-refractivity contribution in [1.82, 2.24) is 0 Å². The normalized spacial score (nSPS) is 11.2. The van der Waals surface area contributed by atoms with Crippen molar-refractivity contribution in [3.8, 4) is 5.75 Å². The quantitative estimate of drug-likeness (QED) is 0.607. The van der Waals surface area contributed by atoms with E-state index in [1.165, 1.54) is 11.2 Å². The fourth-order valence-corrected chi connectivity index (χ4v) is 3.00. The molecular weight excluding hydrogens is 292 g/mol. The van der Waals surface area contributed by atoms with Gasteiger partial charge in [0, 0.05) is 16.9 Å². The molecule has 0 aliphatic heterocycles. The second kappa shape index (κ2) is 6.81. The molecule has 0 amide bonds. The summed E-state index contributed by atoms with van der Waals surface area (Å²) in [5, 5.41) is 0. The summed E-state index contributed by atoms with van der Waals surface area (Å²) < 4.78 is 28.2. The zero-order chi connectivity index (χ0) is 14.4. The molecule has 106 valence electrons. The number of hydrogen-bond acceptors (Lipinski definition) is 4. The lowest BCUT2D eigenvalue weighted by Gasteiger charge is -2.06. The Morgan fingerprint density at radius 1 is 1.00 bits per heavy atom. The molecule has 2 aromatic carbocycles. The van der Waals surface area contributed by atoms with Crippen LogP contribution >= 0.6 is 11.8 Å². The summed E-state index contributed by atoms with van der Waals surface area (Å²) in [5.41, 5.74) is 0. The molecule has 0 atom stereocenters. The highest BCUT2D eigenvalue weighted by molar-refractivity contribution is 7.99. The van der Waals surface area contributed by atoms with Gasteiger partial charge in [-0.25, -0.2) is 8.42 Å². The predicted octanol–water partition coefficient (Wildman–Crippen LogP) is 3.26. The van der Waals surface area contributed by atoms with Crippen LogP contribution in [0.2, 0.25) is 0 Å². The van der Waals surface area contributed by atoms with E-state index in [4.69, 9.17) is 4.74 Å². The third kappa shape index (κ3) is 4.58. The van der Waals surface area contributed by atoms with Crippen molar-refractivity contribution >= 4 is 21.6 Å². The Kier molecular flexibility index (Phi) is 5.09. The SMILES string of the molecule is CS(=O)(=O)c1ccc(OCCSc2ccccc2)cc1. The first-order valence-corrected chi connectivity index (χ1v) is 9.04. The van der Waals surface area contributed by atoms with Crippen LogP contribution in [0.3, 0.4) is 0 Å². The lowest BCUT2D eigenvalue weighted by molar-refractivity contribution is 0.343. The lowest BCUT2D eigenvalue weighted by atomic mass is 10.3. The average molecular weight is 308 g/mol. The summed E-state index contributed by atoms with van der Waals surface area (Å²) >= 11 is 1.73. The molecule has 0 bridgehead atoms.